The fraction of sp³-hybridized carbons (Fsp3) is 0.267. The van der Waals surface area contributed by atoms with Gasteiger partial charge >= 0.3 is 0 Å². The molecule has 0 amide bonds. The third-order valence-corrected chi connectivity index (χ3v) is 4.12. The molecule has 2 N–H and O–H groups in total. The van der Waals surface area contributed by atoms with E-state index in [-0.39, 0.29) is 6.04 Å². The van der Waals surface area contributed by atoms with Gasteiger partial charge in [-0.15, -0.1) is 11.3 Å². The maximum atomic E-state index is 5.98. The number of hydrogen-bond donors (Lipinski definition) is 1. The Morgan fingerprint density at radius 2 is 2.20 bits per heavy atom. The van der Waals surface area contributed by atoms with Crippen LogP contribution in [0.25, 0.3) is 21.6 Å². The van der Waals surface area contributed by atoms with E-state index in [0.29, 0.717) is 5.82 Å². The fourth-order valence-electron chi connectivity index (χ4n) is 2.03. The van der Waals surface area contributed by atoms with E-state index in [1.54, 1.807) is 17.5 Å². The summed E-state index contributed by atoms with van der Waals surface area (Å²) in [6.07, 6.45) is 5.34. The summed E-state index contributed by atoms with van der Waals surface area (Å²) in [7, 11) is 0. The van der Waals surface area contributed by atoms with Gasteiger partial charge in [-0.05, 0) is 30.0 Å². The summed E-state index contributed by atoms with van der Waals surface area (Å²) in [5.74, 6) is 0.716. The third kappa shape index (κ3) is 2.69. The molecule has 1 unspecified atom stereocenters. The number of nitrogens with two attached hydrogens (primary N) is 1. The molecule has 0 spiro atoms. The highest BCUT2D eigenvalue weighted by Gasteiger charge is 2.07. The van der Waals surface area contributed by atoms with Crippen LogP contribution < -0.4 is 5.73 Å². The molecule has 0 bridgehead atoms. The first kappa shape index (κ1) is 13.1. The second-order valence-electron chi connectivity index (χ2n) is 4.77. The van der Waals surface area contributed by atoms with Crippen molar-refractivity contribution in [2.75, 3.05) is 0 Å². The van der Waals surface area contributed by atoms with Crippen molar-refractivity contribution in [2.24, 2.45) is 5.73 Å². The van der Waals surface area contributed by atoms with Crippen LogP contribution in [0.5, 0.6) is 0 Å². The SMILES string of the molecule is CCC(N)Cc1ccnc(-c2cnc3ccsc3c2)n1. The maximum absolute atomic E-state index is 5.98. The Hall–Kier alpha value is -1.85. The van der Waals surface area contributed by atoms with Crippen LogP contribution in [-0.4, -0.2) is 21.0 Å². The van der Waals surface area contributed by atoms with Gasteiger partial charge in [0.1, 0.15) is 0 Å². The zero-order valence-electron chi connectivity index (χ0n) is 11.3. The van der Waals surface area contributed by atoms with Gasteiger partial charge in [0, 0.05) is 36.1 Å². The molecule has 0 aromatic carbocycles. The zero-order valence-corrected chi connectivity index (χ0v) is 12.1. The van der Waals surface area contributed by atoms with E-state index in [9.17, 15) is 0 Å². The monoisotopic (exact) mass is 284 g/mol. The molecule has 3 rings (SSSR count). The van der Waals surface area contributed by atoms with E-state index < -0.39 is 0 Å². The standard InChI is InChI=1S/C15H16N4S/c1-2-11(16)8-12-3-5-17-15(19-12)10-7-14-13(18-9-10)4-6-20-14/h3-7,9,11H,2,8,16H2,1H3. The lowest BCUT2D eigenvalue weighted by Gasteiger charge is -2.08. The molecule has 4 nitrogen and oxygen atoms in total. The van der Waals surface area contributed by atoms with Gasteiger partial charge in [-0.2, -0.15) is 0 Å². The van der Waals surface area contributed by atoms with E-state index in [1.165, 1.54) is 0 Å². The summed E-state index contributed by atoms with van der Waals surface area (Å²) in [4.78, 5) is 13.4. The molecular formula is C15H16N4S. The van der Waals surface area contributed by atoms with Crippen LogP contribution in [0.2, 0.25) is 0 Å². The van der Waals surface area contributed by atoms with E-state index >= 15 is 0 Å². The quantitative estimate of drug-likeness (QED) is 0.799. The highest BCUT2D eigenvalue weighted by Crippen LogP contribution is 2.23. The molecule has 0 aliphatic rings. The van der Waals surface area contributed by atoms with Crippen molar-refractivity contribution in [2.45, 2.75) is 25.8 Å². The lowest BCUT2D eigenvalue weighted by molar-refractivity contribution is 0.636. The number of nitrogens with zero attached hydrogens (tertiary/aromatic N) is 3. The van der Waals surface area contributed by atoms with Gasteiger partial charge in [0.2, 0.25) is 0 Å². The first-order chi connectivity index (χ1) is 9.76. The molecule has 1 atom stereocenters. The summed E-state index contributed by atoms with van der Waals surface area (Å²) in [6, 6.07) is 6.18. The Kier molecular flexibility index (Phi) is 3.71. The molecule has 0 aliphatic heterocycles. The Bertz CT molecular complexity index is 722. The number of fused-ring (bicyclic) bond motifs is 1. The third-order valence-electron chi connectivity index (χ3n) is 3.27. The summed E-state index contributed by atoms with van der Waals surface area (Å²) in [5, 5.41) is 2.04. The second kappa shape index (κ2) is 5.64. The van der Waals surface area contributed by atoms with Crippen molar-refractivity contribution in [1.82, 2.24) is 15.0 Å². The Balaban J connectivity index is 1.94. The zero-order chi connectivity index (χ0) is 13.9. The second-order valence-corrected chi connectivity index (χ2v) is 5.72. The Labute approximate surface area is 121 Å². The van der Waals surface area contributed by atoms with Crippen molar-refractivity contribution in [3.05, 3.63) is 41.7 Å². The number of pyridine rings is 1. The number of thiophene rings is 1. The first-order valence-corrected chi connectivity index (χ1v) is 7.55. The van der Waals surface area contributed by atoms with Gasteiger partial charge in [0.15, 0.2) is 5.82 Å². The van der Waals surface area contributed by atoms with E-state index in [0.717, 1.165) is 34.3 Å². The first-order valence-electron chi connectivity index (χ1n) is 6.67. The number of rotatable bonds is 4. The van der Waals surface area contributed by atoms with Crippen LogP contribution >= 0.6 is 11.3 Å². The van der Waals surface area contributed by atoms with E-state index in [4.69, 9.17) is 5.73 Å². The van der Waals surface area contributed by atoms with Gasteiger partial charge in [-0.1, -0.05) is 6.92 Å². The Morgan fingerprint density at radius 1 is 1.30 bits per heavy atom. The highest BCUT2D eigenvalue weighted by molar-refractivity contribution is 7.17. The number of hydrogen-bond acceptors (Lipinski definition) is 5. The van der Waals surface area contributed by atoms with Gasteiger partial charge in [-0.3, -0.25) is 4.98 Å². The minimum atomic E-state index is 0.149. The van der Waals surface area contributed by atoms with Crippen LogP contribution in [-0.2, 0) is 6.42 Å². The summed E-state index contributed by atoms with van der Waals surface area (Å²) in [6.45, 7) is 2.08. The molecule has 3 aromatic rings. The molecule has 0 radical (unpaired) electrons. The fourth-order valence-corrected chi connectivity index (χ4v) is 2.81. The maximum Gasteiger partial charge on any atom is 0.160 e. The predicted octanol–water partition coefficient (Wildman–Crippen LogP) is 3.03. The smallest absolute Gasteiger partial charge is 0.160 e. The van der Waals surface area contributed by atoms with Gasteiger partial charge in [0.05, 0.1) is 10.2 Å². The van der Waals surface area contributed by atoms with Crippen LogP contribution in [0.1, 0.15) is 19.0 Å². The molecule has 3 heterocycles. The average Bonchev–Trinajstić information content (AvgIpc) is 2.94. The van der Waals surface area contributed by atoms with Crippen molar-refractivity contribution in [3.8, 4) is 11.4 Å². The van der Waals surface area contributed by atoms with Crippen LogP contribution in [0.3, 0.4) is 0 Å². The largest absolute Gasteiger partial charge is 0.327 e. The predicted molar refractivity (Wildman–Crippen MR) is 82.6 cm³/mol. The average molecular weight is 284 g/mol. The van der Waals surface area contributed by atoms with Gasteiger partial charge < -0.3 is 5.73 Å². The van der Waals surface area contributed by atoms with Crippen LogP contribution in [0.15, 0.2) is 36.0 Å². The van der Waals surface area contributed by atoms with Crippen LogP contribution in [0.4, 0.5) is 0 Å². The van der Waals surface area contributed by atoms with Crippen molar-refractivity contribution in [3.63, 3.8) is 0 Å². The molecule has 3 aromatic heterocycles. The molecular weight excluding hydrogens is 268 g/mol. The summed E-state index contributed by atoms with van der Waals surface area (Å²) in [5.41, 5.74) is 8.93. The van der Waals surface area contributed by atoms with Crippen molar-refractivity contribution < 1.29 is 0 Å². The molecule has 20 heavy (non-hydrogen) atoms. The molecule has 0 fully saturated rings. The van der Waals surface area contributed by atoms with E-state index in [1.807, 2.05) is 23.7 Å². The molecule has 0 aliphatic carbocycles. The molecule has 5 heteroatoms. The lowest BCUT2D eigenvalue weighted by Crippen LogP contribution is -2.22. The molecule has 0 saturated heterocycles. The lowest BCUT2D eigenvalue weighted by atomic mass is 10.1. The summed E-state index contributed by atoms with van der Waals surface area (Å²) < 4.78 is 1.15. The van der Waals surface area contributed by atoms with Crippen molar-refractivity contribution >= 4 is 21.6 Å². The Morgan fingerprint density at radius 3 is 3.05 bits per heavy atom. The summed E-state index contributed by atoms with van der Waals surface area (Å²) >= 11 is 1.68. The topological polar surface area (TPSA) is 64.7 Å². The highest BCUT2D eigenvalue weighted by atomic mass is 32.1. The minimum absolute atomic E-state index is 0.149. The molecule has 0 saturated carbocycles. The number of aromatic nitrogens is 3. The molecule has 102 valence electrons. The van der Waals surface area contributed by atoms with Gasteiger partial charge in [-0.25, -0.2) is 9.97 Å². The van der Waals surface area contributed by atoms with Gasteiger partial charge in [0.25, 0.3) is 0 Å². The van der Waals surface area contributed by atoms with E-state index in [2.05, 4.69) is 27.9 Å². The van der Waals surface area contributed by atoms with Crippen LogP contribution in [0, 0.1) is 0 Å². The normalized spacial score (nSPS) is 12.7. The van der Waals surface area contributed by atoms with Crippen molar-refractivity contribution in [1.29, 1.82) is 0 Å². The minimum Gasteiger partial charge on any atom is -0.327 e.